The number of hydrogen-bond donors (Lipinski definition) is 0. The average Bonchev–Trinajstić information content (AvgIpc) is 2.87. The van der Waals surface area contributed by atoms with Crippen LogP contribution in [0.25, 0.3) is 0 Å². The first-order valence-corrected chi connectivity index (χ1v) is 8.93. The third kappa shape index (κ3) is 4.35. The molecule has 0 N–H and O–H groups in total. The molecular formula is C19H28N2O3. The van der Waals surface area contributed by atoms with Crippen molar-refractivity contribution < 1.29 is 14.3 Å². The molecule has 3 rings (SSSR count). The van der Waals surface area contributed by atoms with Gasteiger partial charge >= 0.3 is 0 Å². The van der Waals surface area contributed by atoms with Gasteiger partial charge in [0.15, 0.2) is 0 Å². The summed E-state index contributed by atoms with van der Waals surface area (Å²) in [4.78, 5) is 16.8. The van der Waals surface area contributed by atoms with Gasteiger partial charge in [-0.2, -0.15) is 0 Å². The Kier molecular flexibility index (Phi) is 6.24. The third-order valence-electron chi connectivity index (χ3n) is 5.09. The molecule has 1 aliphatic carbocycles. The van der Waals surface area contributed by atoms with Crippen LogP contribution in [0.15, 0.2) is 24.3 Å². The van der Waals surface area contributed by atoms with Crippen LogP contribution in [-0.2, 0) is 27.1 Å². The number of ether oxygens (including phenoxy) is 2. The van der Waals surface area contributed by atoms with Gasteiger partial charge < -0.3 is 14.4 Å². The van der Waals surface area contributed by atoms with Gasteiger partial charge in [0.1, 0.15) is 6.61 Å². The van der Waals surface area contributed by atoms with E-state index in [-0.39, 0.29) is 12.5 Å². The van der Waals surface area contributed by atoms with E-state index in [1.54, 1.807) is 7.11 Å². The molecule has 1 aromatic rings. The van der Waals surface area contributed by atoms with Gasteiger partial charge in [-0.15, -0.1) is 0 Å². The van der Waals surface area contributed by atoms with E-state index < -0.39 is 0 Å². The highest BCUT2D eigenvalue weighted by Gasteiger charge is 2.28. The molecule has 0 unspecified atom stereocenters. The third-order valence-corrected chi connectivity index (χ3v) is 5.09. The SMILES string of the molecule is COCCOCC(=O)N1CCCN(C2Cc3ccccc3C2)CC1. The van der Waals surface area contributed by atoms with E-state index in [4.69, 9.17) is 9.47 Å². The highest BCUT2D eigenvalue weighted by atomic mass is 16.5. The Morgan fingerprint density at radius 3 is 2.54 bits per heavy atom. The van der Waals surface area contributed by atoms with E-state index in [1.807, 2.05) is 4.90 Å². The van der Waals surface area contributed by atoms with Gasteiger partial charge in [-0.05, 0) is 30.4 Å². The molecule has 1 saturated heterocycles. The molecule has 132 valence electrons. The van der Waals surface area contributed by atoms with Gasteiger partial charge in [-0.3, -0.25) is 9.69 Å². The summed E-state index contributed by atoms with van der Waals surface area (Å²) in [6.45, 7) is 4.85. The summed E-state index contributed by atoms with van der Waals surface area (Å²) < 4.78 is 10.3. The van der Waals surface area contributed by atoms with Crippen LogP contribution >= 0.6 is 0 Å². The number of nitrogens with zero attached hydrogens (tertiary/aromatic N) is 2. The number of rotatable bonds is 6. The molecule has 5 nitrogen and oxygen atoms in total. The van der Waals surface area contributed by atoms with Gasteiger partial charge in [0, 0.05) is 39.3 Å². The van der Waals surface area contributed by atoms with Crippen molar-refractivity contribution in [1.29, 1.82) is 0 Å². The van der Waals surface area contributed by atoms with Crippen molar-refractivity contribution in [2.24, 2.45) is 0 Å². The zero-order chi connectivity index (χ0) is 16.8. The summed E-state index contributed by atoms with van der Waals surface area (Å²) in [5.41, 5.74) is 2.98. The van der Waals surface area contributed by atoms with Gasteiger partial charge in [0.25, 0.3) is 0 Å². The van der Waals surface area contributed by atoms with E-state index in [9.17, 15) is 4.79 Å². The summed E-state index contributed by atoms with van der Waals surface area (Å²) in [6.07, 6.45) is 3.32. The van der Waals surface area contributed by atoms with Crippen LogP contribution in [-0.4, -0.2) is 74.9 Å². The van der Waals surface area contributed by atoms with Crippen molar-refractivity contribution in [2.45, 2.75) is 25.3 Å². The molecule has 1 aliphatic heterocycles. The molecule has 1 heterocycles. The minimum Gasteiger partial charge on any atom is -0.382 e. The Labute approximate surface area is 144 Å². The smallest absolute Gasteiger partial charge is 0.248 e. The van der Waals surface area contributed by atoms with Crippen LogP contribution < -0.4 is 0 Å². The number of carbonyl (C=O) groups is 1. The number of carbonyl (C=O) groups excluding carboxylic acids is 1. The van der Waals surface area contributed by atoms with Crippen molar-refractivity contribution in [3.05, 3.63) is 35.4 Å². The van der Waals surface area contributed by atoms with Gasteiger partial charge in [-0.1, -0.05) is 24.3 Å². The van der Waals surface area contributed by atoms with E-state index in [0.717, 1.165) is 45.4 Å². The standard InChI is InChI=1S/C19H28N2O3/c1-23-11-12-24-15-19(22)21-8-4-7-20(9-10-21)18-13-16-5-2-3-6-17(16)14-18/h2-3,5-6,18H,4,7-15H2,1H3. The molecule has 5 heteroatoms. The number of benzene rings is 1. The molecule has 1 amide bonds. The minimum absolute atomic E-state index is 0.0997. The van der Waals surface area contributed by atoms with Crippen molar-refractivity contribution in [1.82, 2.24) is 9.80 Å². The fourth-order valence-electron chi connectivity index (χ4n) is 3.74. The molecule has 0 saturated carbocycles. The molecule has 0 spiro atoms. The molecule has 0 atom stereocenters. The Hall–Kier alpha value is -1.43. The lowest BCUT2D eigenvalue weighted by Crippen LogP contribution is -2.40. The summed E-state index contributed by atoms with van der Waals surface area (Å²) in [7, 11) is 1.63. The summed E-state index contributed by atoms with van der Waals surface area (Å²) >= 11 is 0. The van der Waals surface area contributed by atoms with Crippen LogP contribution in [0, 0.1) is 0 Å². The summed E-state index contributed by atoms with van der Waals surface area (Å²) in [5, 5.41) is 0. The number of methoxy groups -OCH3 is 1. The lowest BCUT2D eigenvalue weighted by molar-refractivity contribution is -0.136. The molecule has 0 bridgehead atoms. The lowest BCUT2D eigenvalue weighted by atomic mass is 10.1. The normalized spacial score (nSPS) is 19.3. The predicted molar refractivity (Wildman–Crippen MR) is 93.1 cm³/mol. The van der Waals surface area contributed by atoms with Crippen molar-refractivity contribution in [2.75, 3.05) is 53.1 Å². The van der Waals surface area contributed by atoms with Gasteiger partial charge in [0.05, 0.1) is 13.2 Å². The molecule has 24 heavy (non-hydrogen) atoms. The molecule has 1 aromatic carbocycles. The molecule has 0 aromatic heterocycles. The molecule has 1 fully saturated rings. The molecular weight excluding hydrogens is 304 g/mol. The second kappa shape index (κ2) is 8.60. The van der Waals surface area contributed by atoms with Crippen LogP contribution in [0.5, 0.6) is 0 Å². The topological polar surface area (TPSA) is 42.0 Å². The summed E-state index contributed by atoms with van der Waals surface area (Å²) in [6, 6.07) is 9.36. The average molecular weight is 332 g/mol. The largest absolute Gasteiger partial charge is 0.382 e. The van der Waals surface area contributed by atoms with E-state index in [1.165, 1.54) is 11.1 Å². The maximum atomic E-state index is 12.3. The van der Waals surface area contributed by atoms with E-state index >= 15 is 0 Å². The first-order valence-electron chi connectivity index (χ1n) is 8.93. The van der Waals surface area contributed by atoms with Crippen molar-refractivity contribution >= 4 is 5.91 Å². The number of fused-ring (bicyclic) bond motifs is 1. The van der Waals surface area contributed by atoms with E-state index in [0.29, 0.717) is 19.3 Å². The van der Waals surface area contributed by atoms with Gasteiger partial charge in [-0.25, -0.2) is 0 Å². The van der Waals surface area contributed by atoms with E-state index in [2.05, 4.69) is 29.2 Å². The Balaban J connectivity index is 1.46. The maximum absolute atomic E-state index is 12.3. The first-order chi connectivity index (χ1) is 11.8. The Morgan fingerprint density at radius 2 is 1.83 bits per heavy atom. The molecule has 2 aliphatic rings. The Bertz CT molecular complexity index is 524. The summed E-state index contributed by atoms with van der Waals surface area (Å²) in [5.74, 6) is 0.0997. The maximum Gasteiger partial charge on any atom is 0.248 e. The monoisotopic (exact) mass is 332 g/mol. The second-order valence-corrected chi connectivity index (χ2v) is 6.65. The van der Waals surface area contributed by atoms with Crippen molar-refractivity contribution in [3.63, 3.8) is 0 Å². The van der Waals surface area contributed by atoms with Crippen LogP contribution in [0.2, 0.25) is 0 Å². The zero-order valence-electron chi connectivity index (χ0n) is 14.6. The van der Waals surface area contributed by atoms with Crippen LogP contribution in [0.1, 0.15) is 17.5 Å². The van der Waals surface area contributed by atoms with Crippen molar-refractivity contribution in [3.8, 4) is 0 Å². The Morgan fingerprint density at radius 1 is 1.08 bits per heavy atom. The van der Waals surface area contributed by atoms with Gasteiger partial charge in [0.2, 0.25) is 5.91 Å². The van der Waals surface area contributed by atoms with Crippen LogP contribution in [0.3, 0.4) is 0 Å². The quantitative estimate of drug-likeness (QED) is 0.738. The molecule has 0 radical (unpaired) electrons. The fourth-order valence-corrected chi connectivity index (χ4v) is 3.74. The lowest BCUT2D eigenvalue weighted by Gasteiger charge is -2.27. The predicted octanol–water partition coefficient (Wildman–Crippen LogP) is 1.35. The minimum atomic E-state index is 0.0997. The first kappa shape index (κ1) is 17.4. The number of amides is 1. The second-order valence-electron chi connectivity index (χ2n) is 6.65. The highest BCUT2D eigenvalue weighted by Crippen LogP contribution is 2.26. The highest BCUT2D eigenvalue weighted by molar-refractivity contribution is 5.77. The zero-order valence-corrected chi connectivity index (χ0v) is 14.6. The fraction of sp³-hybridized carbons (Fsp3) is 0.632. The number of hydrogen-bond acceptors (Lipinski definition) is 4. The van der Waals surface area contributed by atoms with Crippen LogP contribution in [0.4, 0.5) is 0 Å².